The van der Waals surface area contributed by atoms with Gasteiger partial charge in [0, 0.05) is 25.6 Å². The van der Waals surface area contributed by atoms with Crippen molar-refractivity contribution >= 4 is 29.9 Å². The third-order valence-electron chi connectivity index (χ3n) is 4.68. The number of nitrogens with one attached hydrogen (secondary N) is 1. The van der Waals surface area contributed by atoms with Gasteiger partial charge in [-0.3, -0.25) is 0 Å². The fraction of sp³-hybridized carbons (Fsp3) is 0.450. The maximum absolute atomic E-state index is 10.6. The Labute approximate surface area is 172 Å². The number of aliphatic hydroxyl groups is 1. The number of hydrogen-bond acceptors (Lipinski definition) is 3. The quantitative estimate of drug-likeness (QED) is 0.400. The van der Waals surface area contributed by atoms with Gasteiger partial charge in [0.2, 0.25) is 0 Å². The van der Waals surface area contributed by atoms with Gasteiger partial charge in [-0.25, -0.2) is 4.99 Å². The predicted octanol–water partition coefficient (Wildman–Crippen LogP) is 3.56. The Morgan fingerprint density at radius 2 is 2.08 bits per heavy atom. The molecule has 6 heteroatoms. The highest BCUT2D eigenvalue weighted by Crippen LogP contribution is 2.27. The highest BCUT2D eigenvalue weighted by atomic mass is 127. The summed E-state index contributed by atoms with van der Waals surface area (Å²) in [6, 6.07) is 14.2. The normalized spacial score (nSPS) is 19.7. The molecule has 0 aliphatic carbocycles. The van der Waals surface area contributed by atoms with Gasteiger partial charge >= 0.3 is 0 Å². The molecule has 0 amide bonds. The van der Waals surface area contributed by atoms with Crippen molar-refractivity contribution in [2.24, 2.45) is 4.99 Å². The van der Waals surface area contributed by atoms with Gasteiger partial charge in [-0.1, -0.05) is 30.3 Å². The second kappa shape index (κ2) is 9.41. The van der Waals surface area contributed by atoms with E-state index in [4.69, 9.17) is 4.42 Å². The van der Waals surface area contributed by atoms with Crippen molar-refractivity contribution in [1.29, 1.82) is 0 Å². The standard InChI is InChI=1S/C20H27N3O2.HI/c1-3-21-19(22-15-20(2,24)18-10-7-13-25-18)23-12-11-17(14-23)16-8-5-4-6-9-16;/h4-10,13,17,24H,3,11-12,14-15H2,1-2H3,(H,21,22);1H. The molecular weight excluding hydrogens is 441 g/mol. The lowest BCUT2D eigenvalue weighted by molar-refractivity contribution is 0.0435. The van der Waals surface area contributed by atoms with E-state index < -0.39 is 5.60 Å². The van der Waals surface area contributed by atoms with Crippen molar-refractivity contribution < 1.29 is 9.52 Å². The first-order valence-electron chi connectivity index (χ1n) is 8.94. The largest absolute Gasteiger partial charge is 0.466 e. The van der Waals surface area contributed by atoms with Crippen molar-refractivity contribution in [2.45, 2.75) is 31.8 Å². The summed E-state index contributed by atoms with van der Waals surface area (Å²) in [5.41, 5.74) is 0.270. The molecule has 142 valence electrons. The second-order valence-corrected chi connectivity index (χ2v) is 6.76. The van der Waals surface area contributed by atoms with E-state index >= 15 is 0 Å². The van der Waals surface area contributed by atoms with Crippen molar-refractivity contribution in [3.8, 4) is 0 Å². The molecule has 0 spiro atoms. The van der Waals surface area contributed by atoms with Gasteiger partial charge in [0.25, 0.3) is 0 Å². The predicted molar refractivity (Wildman–Crippen MR) is 115 cm³/mol. The molecule has 3 rings (SSSR count). The number of guanidine groups is 1. The van der Waals surface area contributed by atoms with E-state index in [1.54, 1.807) is 25.3 Å². The molecule has 0 saturated carbocycles. The summed E-state index contributed by atoms with van der Waals surface area (Å²) in [4.78, 5) is 6.95. The zero-order valence-electron chi connectivity index (χ0n) is 15.4. The Hall–Kier alpha value is -1.54. The van der Waals surface area contributed by atoms with E-state index in [9.17, 15) is 5.11 Å². The van der Waals surface area contributed by atoms with Crippen LogP contribution in [0.2, 0.25) is 0 Å². The lowest BCUT2D eigenvalue weighted by Gasteiger charge is -2.24. The first-order valence-corrected chi connectivity index (χ1v) is 8.94. The molecule has 2 N–H and O–H groups in total. The third kappa shape index (κ3) is 5.01. The smallest absolute Gasteiger partial charge is 0.194 e. The van der Waals surface area contributed by atoms with Crippen LogP contribution in [0.5, 0.6) is 0 Å². The number of likely N-dealkylation sites (tertiary alicyclic amines) is 1. The van der Waals surface area contributed by atoms with E-state index in [0.717, 1.165) is 32.0 Å². The first kappa shape index (κ1) is 20.8. The van der Waals surface area contributed by atoms with Crippen LogP contribution in [-0.2, 0) is 5.60 Å². The molecule has 26 heavy (non-hydrogen) atoms. The molecular formula is C20H28IN3O2. The summed E-state index contributed by atoms with van der Waals surface area (Å²) in [5, 5.41) is 14.0. The molecule has 5 nitrogen and oxygen atoms in total. The van der Waals surface area contributed by atoms with Crippen LogP contribution in [-0.4, -0.2) is 42.1 Å². The Balaban J connectivity index is 0.00000243. The van der Waals surface area contributed by atoms with Crippen LogP contribution in [0.4, 0.5) is 0 Å². The molecule has 2 heterocycles. The summed E-state index contributed by atoms with van der Waals surface area (Å²) < 4.78 is 5.34. The fourth-order valence-corrected chi connectivity index (χ4v) is 3.27. The average molecular weight is 469 g/mol. The van der Waals surface area contributed by atoms with Crippen LogP contribution >= 0.6 is 24.0 Å². The van der Waals surface area contributed by atoms with Crippen molar-refractivity contribution in [2.75, 3.05) is 26.2 Å². The van der Waals surface area contributed by atoms with Gasteiger partial charge in [0.1, 0.15) is 11.4 Å². The molecule has 0 radical (unpaired) electrons. The second-order valence-electron chi connectivity index (χ2n) is 6.76. The zero-order valence-corrected chi connectivity index (χ0v) is 17.7. The van der Waals surface area contributed by atoms with Crippen LogP contribution in [0, 0.1) is 0 Å². The number of rotatable bonds is 5. The Kier molecular flexibility index (Phi) is 7.52. The number of halogens is 1. The monoisotopic (exact) mass is 469 g/mol. The van der Waals surface area contributed by atoms with Crippen molar-refractivity contribution in [1.82, 2.24) is 10.2 Å². The summed E-state index contributed by atoms with van der Waals surface area (Å²) in [6.07, 6.45) is 2.69. The highest BCUT2D eigenvalue weighted by Gasteiger charge is 2.29. The lowest BCUT2D eigenvalue weighted by atomic mass is 9.99. The topological polar surface area (TPSA) is 61.0 Å². The SMILES string of the molecule is CCNC(=NCC(C)(O)c1ccco1)N1CCC(c2ccccc2)C1.I. The molecule has 1 aromatic carbocycles. The Bertz CT molecular complexity index is 686. The number of hydrogen-bond donors (Lipinski definition) is 2. The van der Waals surface area contributed by atoms with Gasteiger partial charge in [0.05, 0.1) is 12.8 Å². The Morgan fingerprint density at radius 3 is 2.73 bits per heavy atom. The van der Waals surface area contributed by atoms with Gasteiger partial charge < -0.3 is 19.7 Å². The van der Waals surface area contributed by atoms with Crippen LogP contribution in [0.1, 0.15) is 37.5 Å². The van der Waals surface area contributed by atoms with Crippen LogP contribution in [0.3, 0.4) is 0 Å². The van der Waals surface area contributed by atoms with Crippen LogP contribution in [0.15, 0.2) is 58.1 Å². The van der Waals surface area contributed by atoms with Gasteiger partial charge in [-0.15, -0.1) is 24.0 Å². The summed E-state index contributed by atoms with van der Waals surface area (Å²) >= 11 is 0. The van der Waals surface area contributed by atoms with Gasteiger partial charge in [0.15, 0.2) is 5.96 Å². The van der Waals surface area contributed by atoms with E-state index in [1.807, 2.05) is 0 Å². The minimum atomic E-state index is -1.11. The average Bonchev–Trinajstić information content (AvgIpc) is 3.31. The number of benzene rings is 1. The number of aliphatic imine (C=N–C) groups is 1. The van der Waals surface area contributed by atoms with E-state index in [-0.39, 0.29) is 30.5 Å². The molecule has 0 bridgehead atoms. The zero-order chi connectivity index (χ0) is 17.7. The first-order chi connectivity index (χ1) is 12.1. The molecule has 1 fully saturated rings. The third-order valence-corrected chi connectivity index (χ3v) is 4.68. The molecule has 2 aromatic rings. The lowest BCUT2D eigenvalue weighted by Crippen LogP contribution is -2.41. The van der Waals surface area contributed by atoms with Crippen LogP contribution < -0.4 is 5.32 Å². The minimum Gasteiger partial charge on any atom is -0.466 e. The summed E-state index contributed by atoms with van der Waals surface area (Å²) in [5.74, 6) is 1.92. The van der Waals surface area contributed by atoms with Crippen molar-refractivity contribution in [3.63, 3.8) is 0 Å². The summed E-state index contributed by atoms with van der Waals surface area (Å²) in [6.45, 7) is 6.76. The maximum atomic E-state index is 10.6. The summed E-state index contributed by atoms with van der Waals surface area (Å²) in [7, 11) is 0. The molecule has 1 saturated heterocycles. The molecule has 1 aliphatic rings. The van der Waals surface area contributed by atoms with E-state index in [1.165, 1.54) is 5.56 Å². The highest BCUT2D eigenvalue weighted by molar-refractivity contribution is 14.0. The molecule has 1 aromatic heterocycles. The Morgan fingerprint density at radius 1 is 1.31 bits per heavy atom. The van der Waals surface area contributed by atoms with E-state index in [0.29, 0.717) is 11.7 Å². The minimum absolute atomic E-state index is 0. The molecule has 2 unspecified atom stereocenters. The number of nitrogens with zero attached hydrogens (tertiary/aromatic N) is 2. The van der Waals surface area contributed by atoms with Gasteiger partial charge in [-0.05, 0) is 38.0 Å². The maximum Gasteiger partial charge on any atom is 0.194 e. The van der Waals surface area contributed by atoms with E-state index in [2.05, 4.69) is 52.5 Å². The van der Waals surface area contributed by atoms with Crippen LogP contribution in [0.25, 0.3) is 0 Å². The van der Waals surface area contributed by atoms with Crippen molar-refractivity contribution in [3.05, 3.63) is 60.1 Å². The fourth-order valence-electron chi connectivity index (χ4n) is 3.27. The number of furan rings is 1. The van der Waals surface area contributed by atoms with Gasteiger partial charge in [-0.2, -0.15) is 0 Å². The molecule has 2 atom stereocenters. The molecule has 1 aliphatic heterocycles.